The average molecular weight is 421 g/mol. The van der Waals surface area contributed by atoms with Gasteiger partial charge >= 0.3 is 0 Å². The molecule has 1 aliphatic rings. The van der Waals surface area contributed by atoms with Crippen molar-refractivity contribution < 1.29 is 13.2 Å². The first-order chi connectivity index (χ1) is 13.4. The van der Waals surface area contributed by atoms with E-state index in [1.807, 2.05) is 17.0 Å². The van der Waals surface area contributed by atoms with Crippen molar-refractivity contribution in [2.75, 3.05) is 24.4 Å². The fourth-order valence-electron chi connectivity index (χ4n) is 3.33. The number of carbonyl (C=O) groups excluding carboxylic acids is 1. The third kappa shape index (κ3) is 4.86. The molecule has 0 N–H and O–H groups in total. The van der Waals surface area contributed by atoms with Gasteiger partial charge in [0.15, 0.2) is 0 Å². The topological polar surface area (TPSA) is 57.7 Å². The van der Waals surface area contributed by atoms with Crippen LogP contribution in [0.4, 0.5) is 5.69 Å². The summed E-state index contributed by atoms with van der Waals surface area (Å²) in [5.74, 6) is 0.136. The van der Waals surface area contributed by atoms with Crippen LogP contribution in [0, 0.1) is 0 Å². The van der Waals surface area contributed by atoms with Gasteiger partial charge in [0, 0.05) is 25.2 Å². The Bertz CT molecular complexity index is 904. The Morgan fingerprint density at radius 2 is 1.54 bits per heavy atom. The van der Waals surface area contributed by atoms with Crippen LogP contribution in [0.5, 0.6) is 0 Å². The second kappa shape index (κ2) is 8.97. The molecule has 2 aromatic carbocycles. The average Bonchev–Trinajstić information content (AvgIpc) is 2.98. The Balaban J connectivity index is 1.69. The largest absolute Gasteiger partial charge is 0.342 e. The molecule has 0 aromatic heterocycles. The normalized spacial score (nSPS) is 15.1. The van der Waals surface area contributed by atoms with Gasteiger partial charge in [-0.25, -0.2) is 8.42 Å². The number of nitrogens with zero attached hydrogens (tertiary/aromatic N) is 2. The molecule has 1 heterocycles. The van der Waals surface area contributed by atoms with E-state index >= 15 is 0 Å². The fraction of sp³-hybridized carbons (Fsp3) is 0.381. The lowest BCUT2D eigenvalue weighted by Crippen LogP contribution is -2.33. The summed E-state index contributed by atoms with van der Waals surface area (Å²) in [6.07, 6.45) is 4.85. The second-order valence-corrected chi connectivity index (χ2v) is 9.47. The van der Waals surface area contributed by atoms with Crippen LogP contribution < -0.4 is 4.31 Å². The highest BCUT2D eigenvalue weighted by Crippen LogP contribution is 2.24. The van der Waals surface area contributed by atoms with Crippen LogP contribution in [0.2, 0.25) is 5.02 Å². The minimum Gasteiger partial charge on any atom is -0.342 e. The molecule has 0 atom stereocenters. The maximum atomic E-state index is 12.8. The molecular weight excluding hydrogens is 396 g/mol. The third-order valence-electron chi connectivity index (χ3n) is 5.09. The summed E-state index contributed by atoms with van der Waals surface area (Å²) in [5, 5.41) is 0.486. The lowest BCUT2D eigenvalue weighted by Gasteiger charge is -2.21. The Hall–Kier alpha value is -2.05. The summed E-state index contributed by atoms with van der Waals surface area (Å²) in [7, 11) is -2.15. The zero-order chi connectivity index (χ0) is 20.1. The van der Waals surface area contributed by atoms with E-state index in [0.29, 0.717) is 17.1 Å². The molecule has 0 bridgehead atoms. The lowest BCUT2D eigenvalue weighted by atomic mass is 10.1. The van der Waals surface area contributed by atoms with Gasteiger partial charge in [-0.15, -0.1) is 0 Å². The summed E-state index contributed by atoms with van der Waals surface area (Å²) in [4.78, 5) is 14.6. The van der Waals surface area contributed by atoms with Gasteiger partial charge in [-0.1, -0.05) is 36.6 Å². The molecule has 0 radical (unpaired) electrons. The SMILES string of the molecule is CN(c1ccc(CC(=O)N2CCCCCC2)cc1)S(=O)(=O)c1ccc(Cl)cc1. The summed E-state index contributed by atoms with van der Waals surface area (Å²) in [6.45, 7) is 1.66. The monoisotopic (exact) mass is 420 g/mol. The molecular formula is C21H25ClN2O3S. The quantitative estimate of drug-likeness (QED) is 0.731. The van der Waals surface area contributed by atoms with Crippen LogP contribution in [-0.4, -0.2) is 39.4 Å². The van der Waals surface area contributed by atoms with Crippen molar-refractivity contribution in [2.24, 2.45) is 0 Å². The molecule has 150 valence electrons. The van der Waals surface area contributed by atoms with Gasteiger partial charge in [0.2, 0.25) is 5.91 Å². The van der Waals surface area contributed by atoms with E-state index in [4.69, 9.17) is 11.6 Å². The van der Waals surface area contributed by atoms with E-state index in [1.54, 1.807) is 24.3 Å². The number of hydrogen-bond donors (Lipinski definition) is 0. The van der Waals surface area contributed by atoms with Crippen molar-refractivity contribution in [3.8, 4) is 0 Å². The van der Waals surface area contributed by atoms with E-state index in [9.17, 15) is 13.2 Å². The smallest absolute Gasteiger partial charge is 0.264 e. The standard InChI is InChI=1S/C21H25ClN2O3S/c1-23(28(26,27)20-12-8-18(22)9-13-20)19-10-6-17(7-11-19)16-21(25)24-14-4-2-3-5-15-24/h6-13H,2-5,14-16H2,1H3. The van der Waals surface area contributed by atoms with Crippen molar-refractivity contribution in [2.45, 2.75) is 37.0 Å². The number of benzene rings is 2. The highest BCUT2D eigenvalue weighted by molar-refractivity contribution is 7.92. The molecule has 7 heteroatoms. The van der Waals surface area contributed by atoms with Crippen molar-refractivity contribution in [1.82, 2.24) is 4.90 Å². The van der Waals surface area contributed by atoms with Crippen LogP contribution in [0.3, 0.4) is 0 Å². The van der Waals surface area contributed by atoms with Crippen molar-refractivity contribution in [3.05, 3.63) is 59.1 Å². The van der Waals surface area contributed by atoms with Crippen LogP contribution in [-0.2, 0) is 21.2 Å². The van der Waals surface area contributed by atoms with Crippen LogP contribution in [0.25, 0.3) is 0 Å². The van der Waals surface area contributed by atoms with E-state index in [2.05, 4.69) is 0 Å². The maximum absolute atomic E-state index is 12.8. The Kier molecular flexibility index (Phi) is 6.62. The van der Waals surface area contributed by atoms with Crippen LogP contribution in [0.1, 0.15) is 31.2 Å². The highest BCUT2D eigenvalue weighted by atomic mass is 35.5. The summed E-state index contributed by atoms with van der Waals surface area (Å²) in [5.41, 5.74) is 1.43. The van der Waals surface area contributed by atoms with Gasteiger partial charge in [-0.3, -0.25) is 9.10 Å². The highest BCUT2D eigenvalue weighted by Gasteiger charge is 2.21. The van der Waals surface area contributed by atoms with Gasteiger partial charge in [-0.2, -0.15) is 0 Å². The predicted octanol–water partition coefficient (Wildman–Crippen LogP) is 4.11. The lowest BCUT2D eigenvalue weighted by molar-refractivity contribution is -0.130. The number of carbonyl (C=O) groups is 1. The van der Waals surface area contributed by atoms with Crippen molar-refractivity contribution in [3.63, 3.8) is 0 Å². The van der Waals surface area contributed by atoms with Crippen molar-refractivity contribution in [1.29, 1.82) is 0 Å². The van der Waals surface area contributed by atoms with Gasteiger partial charge in [0.25, 0.3) is 10.0 Å². The number of halogens is 1. The van der Waals surface area contributed by atoms with E-state index in [1.165, 1.54) is 36.3 Å². The number of rotatable bonds is 5. The first-order valence-electron chi connectivity index (χ1n) is 9.49. The molecule has 2 aromatic rings. The van der Waals surface area contributed by atoms with Gasteiger partial charge in [0.1, 0.15) is 0 Å². The molecule has 0 spiro atoms. The summed E-state index contributed by atoms with van der Waals surface area (Å²) >= 11 is 5.84. The molecule has 28 heavy (non-hydrogen) atoms. The molecule has 3 rings (SSSR count). The number of anilines is 1. The van der Waals surface area contributed by atoms with Crippen molar-refractivity contribution >= 4 is 33.2 Å². The second-order valence-electron chi connectivity index (χ2n) is 7.06. The van der Waals surface area contributed by atoms with Gasteiger partial charge in [-0.05, 0) is 54.8 Å². The molecule has 1 amide bonds. The van der Waals surface area contributed by atoms with Crippen LogP contribution in [0.15, 0.2) is 53.4 Å². The number of hydrogen-bond acceptors (Lipinski definition) is 3. The third-order valence-corrected chi connectivity index (χ3v) is 7.14. The minimum atomic E-state index is -3.67. The Morgan fingerprint density at radius 3 is 2.11 bits per heavy atom. The zero-order valence-corrected chi connectivity index (χ0v) is 17.5. The fourth-order valence-corrected chi connectivity index (χ4v) is 4.66. The molecule has 1 saturated heterocycles. The maximum Gasteiger partial charge on any atom is 0.264 e. The summed E-state index contributed by atoms with van der Waals surface area (Å²) < 4.78 is 26.8. The first-order valence-corrected chi connectivity index (χ1v) is 11.3. The van der Waals surface area contributed by atoms with Gasteiger partial charge in [0.05, 0.1) is 17.0 Å². The minimum absolute atomic E-state index is 0.136. The number of amides is 1. The number of likely N-dealkylation sites (tertiary alicyclic amines) is 1. The van der Waals surface area contributed by atoms with E-state index in [0.717, 1.165) is 31.5 Å². The molecule has 5 nitrogen and oxygen atoms in total. The molecule has 1 fully saturated rings. The summed E-state index contributed by atoms with van der Waals surface area (Å²) in [6, 6.07) is 13.2. The van der Waals surface area contributed by atoms with E-state index < -0.39 is 10.0 Å². The first kappa shape index (κ1) is 20.7. The molecule has 0 aliphatic carbocycles. The Morgan fingerprint density at radius 1 is 0.964 bits per heavy atom. The molecule has 0 unspecified atom stereocenters. The number of sulfonamides is 1. The predicted molar refractivity (Wildman–Crippen MR) is 112 cm³/mol. The Labute approximate surface area is 172 Å². The molecule has 1 aliphatic heterocycles. The molecule has 0 saturated carbocycles. The van der Waals surface area contributed by atoms with Crippen LogP contribution >= 0.6 is 11.6 Å². The van der Waals surface area contributed by atoms with E-state index in [-0.39, 0.29) is 10.8 Å². The zero-order valence-electron chi connectivity index (χ0n) is 16.0. The van der Waals surface area contributed by atoms with Gasteiger partial charge < -0.3 is 4.90 Å².